The van der Waals surface area contributed by atoms with Crippen LogP contribution < -0.4 is 5.32 Å². The largest absolute Gasteiger partial charge is 0.305 e. The van der Waals surface area contributed by atoms with Crippen molar-refractivity contribution in [1.29, 1.82) is 0 Å². The molecule has 1 N–H and O–H groups in total. The van der Waals surface area contributed by atoms with E-state index in [0.29, 0.717) is 0 Å². The van der Waals surface area contributed by atoms with E-state index in [1.807, 2.05) is 12.3 Å². The summed E-state index contributed by atoms with van der Waals surface area (Å²) in [6, 6.07) is 6.45. The van der Waals surface area contributed by atoms with Gasteiger partial charge >= 0.3 is 0 Å². The number of aromatic nitrogens is 3. The first-order chi connectivity index (χ1) is 9.30. The lowest BCUT2D eigenvalue weighted by Gasteiger charge is -2.19. The predicted molar refractivity (Wildman–Crippen MR) is 77.0 cm³/mol. The van der Waals surface area contributed by atoms with Gasteiger partial charge in [0.15, 0.2) is 0 Å². The maximum Gasteiger partial charge on any atom is 0.0763 e. The lowest BCUT2D eigenvalue weighted by atomic mass is 10.1. The molecule has 0 bridgehead atoms. The van der Waals surface area contributed by atoms with Crippen molar-refractivity contribution in [3.8, 4) is 0 Å². The molecule has 0 spiro atoms. The summed E-state index contributed by atoms with van der Waals surface area (Å²) in [4.78, 5) is 4.23. The van der Waals surface area contributed by atoms with Gasteiger partial charge in [0.25, 0.3) is 0 Å². The normalized spacial score (nSPS) is 12.6. The predicted octanol–water partition coefficient (Wildman–Crippen LogP) is 2.56. The minimum Gasteiger partial charge on any atom is -0.305 e. The van der Waals surface area contributed by atoms with E-state index in [1.54, 1.807) is 6.20 Å². The quantitative estimate of drug-likeness (QED) is 0.866. The molecule has 0 saturated carbocycles. The zero-order valence-electron chi connectivity index (χ0n) is 11.9. The topological polar surface area (TPSA) is 42.7 Å². The SMILES string of the molecule is CCNC(c1cccnc1)c1cc(CC)nn1CC. The van der Waals surface area contributed by atoms with Crippen LogP contribution in [0.1, 0.15) is 43.8 Å². The van der Waals surface area contributed by atoms with Gasteiger partial charge in [0.1, 0.15) is 0 Å². The molecule has 0 saturated heterocycles. The van der Waals surface area contributed by atoms with Crippen LogP contribution in [0, 0.1) is 0 Å². The molecule has 102 valence electrons. The highest BCUT2D eigenvalue weighted by Gasteiger charge is 2.18. The van der Waals surface area contributed by atoms with Crippen LogP contribution in [0.25, 0.3) is 0 Å². The van der Waals surface area contributed by atoms with Crippen LogP contribution in [0.2, 0.25) is 0 Å². The van der Waals surface area contributed by atoms with E-state index in [1.165, 1.54) is 11.3 Å². The van der Waals surface area contributed by atoms with E-state index < -0.39 is 0 Å². The molecule has 2 aromatic heterocycles. The smallest absolute Gasteiger partial charge is 0.0763 e. The number of rotatable bonds is 6. The van der Waals surface area contributed by atoms with Crippen molar-refractivity contribution < 1.29 is 0 Å². The summed E-state index contributed by atoms with van der Waals surface area (Å²) in [6.45, 7) is 8.19. The number of nitrogens with one attached hydrogen (secondary N) is 1. The average Bonchev–Trinajstić information content (AvgIpc) is 2.88. The molecular formula is C15H22N4. The Morgan fingerprint density at radius 1 is 1.32 bits per heavy atom. The highest BCUT2D eigenvalue weighted by atomic mass is 15.3. The van der Waals surface area contributed by atoms with Gasteiger partial charge in [-0.3, -0.25) is 9.67 Å². The Bertz CT molecular complexity index is 504. The Hall–Kier alpha value is -1.68. The molecule has 19 heavy (non-hydrogen) atoms. The van der Waals surface area contributed by atoms with Crippen LogP contribution in [0.15, 0.2) is 30.6 Å². The van der Waals surface area contributed by atoms with E-state index in [2.05, 4.69) is 53.0 Å². The number of hydrogen-bond acceptors (Lipinski definition) is 3. The fourth-order valence-corrected chi connectivity index (χ4v) is 2.29. The molecule has 4 nitrogen and oxygen atoms in total. The molecule has 2 heterocycles. The summed E-state index contributed by atoms with van der Waals surface area (Å²) in [5.41, 5.74) is 3.54. The monoisotopic (exact) mass is 258 g/mol. The van der Waals surface area contributed by atoms with Crippen molar-refractivity contribution >= 4 is 0 Å². The van der Waals surface area contributed by atoms with Crippen molar-refractivity contribution in [2.24, 2.45) is 0 Å². The molecule has 1 atom stereocenters. The molecule has 0 fully saturated rings. The Morgan fingerprint density at radius 3 is 2.74 bits per heavy atom. The van der Waals surface area contributed by atoms with E-state index in [-0.39, 0.29) is 6.04 Å². The van der Waals surface area contributed by atoms with E-state index in [4.69, 9.17) is 0 Å². The second kappa shape index (κ2) is 6.48. The Morgan fingerprint density at radius 2 is 2.16 bits per heavy atom. The van der Waals surface area contributed by atoms with Crippen molar-refractivity contribution in [2.45, 2.75) is 39.8 Å². The standard InChI is InChI=1S/C15H22N4/c1-4-13-10-14(19(6-3)18-13)15(17-5-2)12-8-7-9-16-11-12/h7-11,15,17H,4-6H2,1-3H3. The van der Waals surface area contributed by atoms with Crippen LogP contribution in [0.4, 0.5) is 0 Å². The summed E-state index contributed by atoms with van der Waals surface area (Å²) in [6.07, 6.45) is 4.69. The van der Waals surface area contributed by atoms with Crippen molar-refractivity contribution in [3.63, 3.8) is 0 Å². The minimum absolute atomic E-state index is 0.159. The van der Waals surface area contributed by atoms with Crippen molar-refractivity contribution in [1.82, 2.24) is 20.1 Å². The van der Waals surface area contributed by atoms with Gasteiger partial charge in [-0.1, -0.05) is 19.9 Å². The fraction of sp³-hybridized carbons (Fsp3) is 0.467. The van der Waals surface area contributed by atoms with Crippen LogP contribution in [-0.2, 0) is 13.0 Å². The molecule has 0 aliphatic heterocycles. The van der Waals surface area contributed by atoms with Crippen molar-refractivity contribution in [3.05, 3.63) is 47.5 Å². The summed E-state index contributed by atoms with van der Waals surface area (Å²) in [7, 11) is 0. The number of pyridine rings is 1. The fourth-order valence-electron chi connectivity index (χ4n) is 2.29. The summed E-state index contributed by atoms with van der Waals surface area (Å²) < 4.78 is 2.08. The maximum absolute atomic E-state index is 4.63. The third-order valence-corrected chi connectivity index (χ3v) is 3.25. The molecule has 2 rings (SSSR count). The van der Waals surface area contributed by atoms with Crippen LogP contribution >= 0.6 is 0 Å². The first kappa shape index (κ1) is 13.7. The lowest BCUT2D eigenvalue weighted by Crippen LogP contribution is -2.24. The van der Waals surface area contributed by atoms with Crippen molar-refractivity contribution in [2.75, 3.05) is 6.54 Å². The molecule has 4 heteroatoms. The highest BCUT2D eigenvalue weighted by molar-refractivity contribution is 5.27. The molecule has 0 aliphatic carbocycles. The van der Waals surface area contributed by atoms with E-state index in [9.17, 15) is 0 Å². The van der Waals surface area contributed by atoms with Gasteiger partial charge < -0.3 is 5.32 Å². The Kier molecular flexibility index (Phi) is 4.68. The van der Waals surface area contributed by atoms with Gasteiger partial charge in [-0.2, -0.15) is 5.10 Å². The van der Waals surface area contributed by atoms with Gasteiger partial charge in [-0.05, 0) is 37.6 Å². The summed E-state index contributed by atoms with van der Waals surface area (Å²) in [5, 5.41) is 8.16. The number of hydrogen-bond donors (Lipinski definition) is 1. The molecular weight excluding hydrogens is 236 g/mol. The Balaban J connectivity index is 2.41. The van der Waals surface area contributed by atoms with E-state index in [0.717, 1.165) is 25.2 Å². The zero-order valence-corrected chi connectivity index (χ0v) is 11.9. The first-order valence-electron chi connectivity index (χ1n) is 7.00. The van der Waals surface area contributed by atoms with Crippen LogP contribution in [-0.4, -0.2) is 21.3 Å². The number of nitrogens with zero attached hydrogens (tertiary/aromatic N) is 3. The van der Waals surface area contributed by atoms with Crippen LogP contribution in [0.5, 0.6) is 0 Å². The van der Waals surface area contributed by atoms with Gasteiger partial charge in [-0.15, -0.1) is 0 Å². The third kappa shape index (κ3) is 3.01. The Labute approximate surface area is 114 Å². The number of aryl methyl sites for hydroxylation is 2. The molecule has 0 amide bonds. The molecule has 0 radical (unpaired) electrons. The van der Waals surface area contributed by atoms with Gasteiger partial charge in [0, 0.05) is 18.9 Å². The maximum atomic E-state index is 4.63. The van der Waals surface area contributed by atoms with Gasteiger partial charge in [-0.25, -0.2) is 0 Å². The molecule has 1 unspecified atom stereocenters. The van der Waals surface area contributed by atoms with E-state index >= 15 is 0 Å². The lowest BCUT2D eigenvalue weighted by molar-refractivity contribution is 0.539. The van der Waals surface area contributed by atoms with Gasteiger partial charge in [0.05, 0.1) is 17.4 Å². The molecule has 0 aliphatic rings. The second-order valence-corrected chi connectivity index (χ2v) is 4.51. The summed E-state index contributed by atoms with van der Waals surface area (Å²) >= 11 is 0. The zero-order chi connectivity index (χ0) is 13.7. The third-order valence-electron chi connectivity index (χ3n) is 3.25. The second-order valence-electron chi connectivity index (χ2n) is 4.51. The summed E-state index contributed by atoms with van der Waals surface area (Å²) in [5.74, 6) is 0. The average molecular weight is 258 g/mol. The minimum atomic E-state index is 0.159. The highest BCUT2D eigenvalue weighted by Crippen LogP contribution is 2.22. The molecule has 2 aromatic rings. The first-order valence-corrected chi connectivity index (χ1v) is 7.00. The van der Waals surface area contributed by atoms with Crippen LogP contribution in [0.3, 0.4) is 0 Å². The van der Waals surface area contributed by atoms with Gasteiger partial charge in [0.2, 0.25) is 0 Å². The molecule has 0 aromatic carbocycles.